The quantitative estimate of drug-likeness (QED) is 0.921. The minimum atomic E-state index is -0.833. The first-order valence-corrected chi connectivity index (χ1v) is 8.34. The minimum Gasteiger partial charge on any atom is -0.387 e. The third-order valence-corrected chi connectivity index (χ3v) is 4.84. The van der Waals surface area contributed by atoms with Crippen LogP contribution in [0.15, 0.2) is 24.3 Å². The molecule has 2 saturated heterocycles. The van der Waals surface area contributed by atoms with Gasteiger partial charge in [0.2, 0.25) is 0 Å². The lowest BCUT2D eigenvalue weighted by atomic mass is 9.91. The molecule has 5 nitrogen and oxygen atoms in total. The number of rotatable bonds is 3. The molecule has 1 aromatic carbocycles. The largest absolute Gasteiger partial charge is 0.387 e. The Kier molecular flexibility index (Phi) is 4.65. The number of hydrogen-bond acceptors (Lipinski definition) is 4. The Morgan fingerprint density at radius 1 is 1.22 bits per heavy atom. The van der Waals surface area contributed by atoms with E-state index in [-0.39, 0.29) is 5.91 Å². The van der Waals surface area contributed by atoms with E-state index in [0.29, 0.717) is 30.8 Å². The van der Waals surface area contributed by atoms with Crippen LogP contribution >= 0.6 is 0 Å². The molecule has 0 bridgehead atoms. The molecule has 1 atom stereocenters. The smallest absolute Gasteiger partial charge is 0.255 e. The summed E-state index contributed by atoms with van der Waals surface area (Å²) in [5, 5.41) is 20.1. The third-order valence-electron chi connectivity index (χ3n) is 4.84. The van der Waals surface area contributed by atoms with Crippen molar-refractivity contribution >= 4 is 5.91 Å². The van der Waals surface area contributed by atoms with Crippen LogP contribution in [-0.2, 0) is 0 Å². The van der Waals surface area contributed by atoms with Gasteiger partial charge in [-0.05, 0) is 50.9 Å². The van der Waals surface area contributed by atoms with Crippen LogP contribution in [0.25, 0.3) is 0 Å². The van der Waals surface area contributed by atoms with Crippen LogP contribution in [0.1, 0.15) is 41.6 Å². The zero-order valence-electron chi connectivity index (χ0n) is 13.4. The molecule has 2 heterocycles. The second-order valence-corrected chi connectivity index (χ2v) is 6.70. The third kappa shape index (κ3) is 3.54. The number of hydrogen-bond donors (Lipinski definition) is 1. The van der Waals surface area contributed by atoms with Crippen molar-refractivity contribution in [3.63, 3.8) is 0 Å². The summed E-state index contributed by atoms with van der Waals surface area (Å²) in [6, 6.07) is 8.96. The fourth-order valence-corrected chi connectivity index (χ4v) is 3.71. The predicted molar refractivity (Wildman–Crippen MR) is 86.9 cm³/mol. The highest BCUT2D eigenvalue weighted by atomic mass is 16.3. The van der Waals surface area contributed by atoms with E-state index in [0.717, 1.165) is 25.9 Å². The van der Waals surface area contributed by atoms with E-state index in [4.69, 9.17) is 0 Å². The van der Waals surface area contributed by atoms with E-state index < -0.39 is 5.60 Å². The summed E-state index contributed by atoms with van der Waals surface area (Å²) in [5.41, 5.74) is -0.00796. The molecule has 2 aliphatic rings. The molecular weight excluding hydrogens is 290 g/mol. The second kappa shape index (κ2) is 6.69. The molecule has 0 aromatic heterocycles. The standard InChI is InChI=1S/C18H23N3O2/c19-12-15-6-1-2-7-16(15)17(22)21-11-5-8-18(23,14-21)13-20-9-3-4-10-20/h1-2,6-7,23H,3-5,8-11,13-14H2/t18-/m0/s1. The van der Waals surface area contributed by atoms with Crippen LogP contribution in [0.4, 0.5) is 0 Å². The van der Waals surface area contributed by atoms with Crippen LogP contribution in [0.5, 0.6) is 0 Å². The summed E-state index contributed by atoms with van der Waals surface area (Å²) >= 11 is 0. The fraction of sp³-hybridized carbons (Fsp3) is 0.556. The van der Waals surface area contributed by atoms with E-state index in [1.807, 2.05) is 0 Å². The number of carbonyl (C=O) groups excluding carboxylic acids is 1. The number of aliphatic hydroxyl groups is 1. The van der Waals surface area contributed by atoms with Gasteiger partial charge in [0.05, 0.1) is 29.3 Å². The summed E-state index contributed by atoms with van der Waals surface area (Å²) in [4.78, 5) is 16.7. The molecule has 5 heteroatoms. The number of piperidine rings is 1. The van der Waals surface area contributed by atoms with Crippen molar-refractivity contribution in [3.05, 3.63) is 35.4 Å². The van der Waals surface area contributed by atoms with Crippen molar-refractivity contribution in [1.82, 2.24) is 9.80 Å². The van der Waals surface area contributed by atoms with Crippen molar-refractivity contribution in [2.24, 2.45) is 0 Å². The van der Waals surface area contributed by atoms with Gasteiger partial charge in [-0.3, -0.25) is 4.79 Å². The van der Waals surface area contributed by atoms with Crippen molar-refractivity contribution in [3.8, 4) is 6.07 Å². The van der Waals surface area contributed by atoms with Gasteiger partial charge in [0.15, 0.2) is 0 Å². The van der Waals surface area contributed by atoms with E-state index >= 15 is 0 Å². The van der Waals surface area contributed by atoms with Crippen LogP contribution in [0, 0.1) is 11.3 Å². The molecule has 0 aliphatic carbocycles. The number of likely N-dealkylation sites (tertiary alicyclic amines) is 2. The lowest BCUT2D eigenvalue weighted by molar-refractivity contribution is -0.0431. The van der Waals surface area contributed by atoms with E-state index in [9.17, 15) is 15.2 Å². The average molecular weight is 313 g/mol. The summed E-state index contributed by atoms with van der Waals surface area (Å²) in [6.45, 7) is 3.70. The fourth-order valence-electron chi connectivity index (χ4n) is 3.71. The Morgan fingerprint density at radius 2 is 1.96 bits per heavy atom. The monoisotopic (exact) mass is 313 g/mol. The Balaban J connectivity index is 1.72. The normalized spacial score (nSPS) is 25.3. The molecule has 1 amide bonds. The van der Waals surface area contributed by atoms with Gasteiger partial charge in [0.25, 0.3) is 5.91 Å². The molecule has 23 heavy (non-hydrogen) atoms. The maximum Gasteiger partial charge on any atom is 0.255 e. The highest BCUT2D eigenvalue weighted by Crippen LogP contribution is 2.25. The average Bonchev–Trinajstić information content (AvgIpc) is 3.06. The number of nitriles is 1. The molecule has 0 spiro atoms. The van der Waals surface area contributed by atoms with Gasteiger partial charge in [0.1, 0.15) is 0 Å². The number of nitrogens with zero attached hydrogens (tertiary/aromatic N) is 3. The molecule has 0 unspecified atom stereocenters. The first-order chi connectivity index (χ1) is 11.1. The van der Waals surface area contributed by atoms with Crippen molar-refractivity contribution in [1.29, 1.82) is 5.26 Å². The van der Waals surface area contributed by atoms with Gasteiger partial charge in [-0.2, -0.15) is 5.26 Å². The van der Waals surface area contributed by atoms with Gasteiger partial charge in [0, 0.05) is 13.1 Å². The van der Waals surface area contributed by atoms with Crippen molar-refractivity contribution in [2.45, 2.75) is 31.3 Å². The summed E-state index contributed by atoms with van der Waals surface area (Å²) in [5.74, 6) is -0.151. The number of benzene rings is 1. The van der Waals surface area contributed by atoms with Gasteiger partial charge < -0.3 is 14.9 Å². The molecule has 1 N–H and O–H groups in total. The number of carbonyl (C=O) groups is 1. The molecular formula is C18H23N3O2. The van der Waals surface area contributed by atoms with Gasteiger partial charge in [-0.1, -0.05) is 12.1 Å². The maximum absolute atomic E-state index is 12.8. The highest BCUT2D eigenvalue weighted by molar-refractivity contribution is 5.96. The Hall–Kier alpha value is -1.90. The van der Waals surface area contributed by atoms with E-state index in [2.05, 4.69) is 11.0 Å². The van der Waals surface area contributed by atoms with Crippen LogP contribution in [0.2, 0.25) is 0 Å². The molecule has 2 aliphatic heterocycles. The van der Waals surface area contributed by atoms with Crippen LogP contribution in [-0.4, -0.2) is 59.1 Å². The molecule has 1 aromatic rings. The van der Waals surface area contributed by atoms with E-state index in [1.54, 1.807) is 29.2 Å². The zero-order valence-corrected chi connectivity index (χ0v) is 13.4. The molecule has 2 fully saturated rings. The van der Waals surface area contributed by atoms with Crippen molar-refractivity contribution in [2.75, 3.05) is 32.7 Å². The van der Waals surface area contributed by atoms with Gasteiger partial charge in [-0.15, -0.1) is 0 Å². The summed E-state index contributed by atoms with van der Waals surface area (Å²) in [6.07, 6.45) is 3.90. The van der Waals surface area contributed by atoms with Gasteiger partial charge >= 0.3 is 0 Å². The lowest BCUT2D eigenvalue weighted by Crippen LogP contribution is -2.55. The molecule has 0 saturated carbocycles. The predicted octanol–water partition coefficient (Wildman–Crippen LogP) is 1.62. The number of amides is 1. The zero-order chi connectivity index (χ0) is 16.3. The SMILES string of the molecule is N#Cc1ccccc1C(=O)N1CCC[C@](O)(CN2CCCC2)C1. The molecule has 3 rings (SSSR count). The summed E-state index contributed by atoms with van der Waals surface area (Å²) in [7, 11) is 0. The Bertz CT molecular complexity index is 619. The molecule has 122 valence electrons. The first kappa shape index (κ1) is 16.0. The molecule has 0 radical (unpaired) electrons. The topological polar surface area (TPSA) is 67.6 Å². The van der Waals surface area contributed by atoms with Gasteiger partial charge in [-0.25, -0.2) is 0 Å². The first-order valence-electron chi connectivity index (χ1n) is 8.34. The maximum atomic E-state index is 12.8. The number of β-amino-alcohol motifs (C(OH)–C–C–N with tert-alkyl or cyclic N) is 1. The van der Waals surface area contributed by atoms with E-state index in [1.165, 1.54) is 12.8 Å². The summed E-state index contributed by atoms with van der Waals surface area (Å²) < 4.78 is 0. The Labute approximate surface area is 137 Å². The van der Waals surface area contributed by atoms with Crippen LogP contribution < -0.4 is 0 Å². The van der Waals surface area contributed by atoms with Crippen molar-refractivity contribution < 1.29 is 9.90 Å². The highest BCUT2D eigenvalue weighted by Gasteiger charge is 2.37. The Morgan fingerprint density at radius 3 is 2.70 bits per heavy atom. The van der Waals surface area contributed by atoms with Crippen LogP contribution in [0.3, 0.4) is 0 Å². The second-order valence-electron chi connectivity index (χ2n) is 6.70. The lowest BCUT2D eigenvalue weighted by Gasteiger charge is -2.41. The minimum absolute atomic E-state index is 0.151.